The van der Waals surface area contributed by atoms with Crippen molar-refractivity contribution < 1.29 is 13.9 Å². The lowest BCUT2D eigenvalue weighted by atomic mass is 10.1. The molecule has 1 atom stereocenters. The average molecular weight is 378 g/mol. The van der Waals surface area contributed by atoms with Gasteiger partial charge in [-0.3, -0.25) is 9.59 Å². The number of hydrogen-bond donors (Lipinski definition) is 1. The van der Waals surface area contributed by atoms with Crippen LogP contribution in [0.4, 0.5) is 4.39 Å². The maximum absolute atomic E-state index is 13.1. The minimum absolute atomic E-state index is 0.0967. The third-order valence-electron chi connectivity index (χ3n) is 4.82. The summed E-state index contributed by atoms with van der Waals surface area (Å²) in [5, 5.41) is 0. The Kier molecular flexibility index (Phi) is 5.04. The van der Waals surface area contributed by atoms with Crippen LogP contribution in [-0.2, 0) is 4.74 Å². The molecule has 1 amide bonds. The summed E-state index contributed by atoms with van der Waals surface area (Å²) >= 11 is 0. The van der Waals surface area contributed by atoms with Crippen molar-refractivity contribution in [3.05, 3.63) is 94.0 Å². The maximum atomic E-state index is 13.1. The SMILES string of the molecule is O=C(c1ccc(-c2ccccc2)[nH]c1=O)N1CCO[C@H](c2ccc(F)cc2)C1. The number of amides is 1. The molecule has 4 rings (SSSR count). The number of nitrogens with zero attached hydrogens (tertiary/aromatic N) is 1. The first-order valence-electron chi connectivity index (χ1n) is 9.07. The first-order valence-corrected chi connectivity index (χ1v) is 9.07. The summed E-state index contributed by atoms with van der Waals surface area (Å²) in [5.41, 5.74) is 2.01. The zero-order valence-corrected chi connectivity index (χ0v) is 15.1. The minimum atomic E-state index is -0.420. The molecule has 0 saturated carbocycles. The predicted molar refractivity (Wildman–Crippen MR) is 103 cm³/mol. The molecule has 1 aliphatic rings. The Labute approximate surface area is 161 Å². The lowest BCUT2D eigenvalue weighted by molar-refractivity contribution is -0.0229. The zero-order chi connectivity index (χ0) is 19.5. The Morgan fingerprint density at radius 1 is 1.04 bits per heavy atom. The first kappa shape index (κ1) is 18.1. The molecule has 3 aromatic rings. The van der Waals surface area contributed by atoms with E-state index in [-0.39, 0.29) is 23.4 Å². The van der Waals surface area contributed by atoms with Gasteiger partial charge in [-0.2, -0.15) is 0 Å². The van der Waals surface area contributed by atoms with E-state index >= 15 is 0 Å². The van der Waals surface area contributed by atoms with E-state index in [1.165, 1.54) is 12.1 Å². The van der Waals surface area contributed by atoms with Gasteiger partial charge in [-0.15, -0.1) is 0 Å². The molecule has 0 unspecified atom stereocenters. The average Bonchev–Trinajstić information content (AvgIpc) is 2.74. The molecule has 2 heterocycles. The van der Waals surface area contributed by atoms with Crippen molar-refractivity contribution in [2.45, 2.75) is 6.10 Å². The molecule has 6 heteroatoms. The standard InChI is InChI=1S/C22H19FN2O3/c23-17-8-6-16(7-9-17)20-14-25(12-13-28-20)22(27)18-10-11-19(24-21(18)26)15-4-2-1-3-5-15/h1-11,20H,12-14H2,(H,24,26)/t20-/m0/s1. The lowest BCUT2D eigenvalue weighted by Crippen LogP contribution is -2.43. The van der Waals surface area contributed by atoms with Gasteiger partial charge in [0.25, 0.3) is 11.5 Å². The molecule has 2 aromatic carbocycles. The molecular weight excluding hydrogens is 359 g/mol. The molecular formula is C22H19FN2O3. The second-order valence-electron chi connectivity index (χ2n) is 6.64. The molecule has 1 aliphatic heterocycles. The quantitative estimate of drug-likeness (QED) is 0.760. The third-order valence-corrected chi connectivity index (χ3v) is 4.82. The molecule has 28 heavy (non-hydrogen) atoms. The van der Waals surface area contributed by atoms with Crippen LogP contribution in [0.15, 0.2) is 71.5 Å². The number of rotatable bonds is 3. The van der Waals surface area contributed by atoms with E-state index in [0.29, 0.717) is 25.4 Å². The van der Waals surface area contributed by atoms with Crippen LogP contribution in [0, 0.1) is 5.82 Å². The Morgan fingerprint density at radius 3 is 2.50 bits per heavy atom. The highest BCUT2D eigenvalue weighted by atomic mass is 19.1. The van der Waals surface area contributed by atoms with E-state index in [1.54, 1.807) is 29.2 Å². The third kappa shape index (κ3) is 3.73. The van der Waals surface area contributed by atoms with Gasteiger partial charge in [0.15, 0.2) is 0 Å². The van der Waals surface area contributed by atoms with Gasteiger partial charge in [0, 0.05) is 12.2 Å². The molecule has 0 radical (unpaired) electrons. The van der Waals surface area contributed by atoms with E-state index in [9.17, 15) is 14.0 Å². The summed E-state index contributed by atoms with van der Waals surface area (Å²) < 4.78 is 18.9. The molecule has 1 fully saturated rings. The van der Waals surface area contributed by atoms with Crippen LogP contribution in [0.1, 0.15) is 22.0 Å². The van der Waals surface area contributed by atoms with E-state index < -0.39 is 5.56 Å². The van der Waals surface area contributed by atoms with Gasteiger partial charge >= 0.3 is 0 Å². The number of carbonyl (C=O) groups is 1. The monoisotopic (exact) mass is 378 g/mol. The molecule has 5 nitrogen and oxygen atoms in total. The Hall–Kier alpha value is -3.25. The molecule has 142 valence electrons. The van der Waals surface area contributed by atoms with E-state index in [2.05, 4.69) is 4.98 Å². The number of nitrogens with one attached hydrogen (secondary N) is 1. The number of carbonyl (C=O) groups excluding carboxylic acids is 1. The predicted octanol–water partition coefficient (Wildman–Crippen LogP) is 3.39. The molecule has 0 aliphatic carbocycles. The van der Waals surface area contributed by atoms with Crippen LogP contribution in [0.3, 0.4) is 0 Å². The van der Waals surface area contributed by atoms with Gasteiger partial charge in [0.05, 0.1) is 13.2 Å². The first-order chi connectivity index (χ1) is 13.6. The van der Waals surface area contributed by atoms with Crippen LogP contribution in [0.2, 0.25) is 0 Å². The number of H-pyrrole nitrogens is 1. The van der Waals surface area contributed by atoms with Crippen molar-refractivity contribution in [1.82, 2.24) is 9.88 Å². The van der Waals surface area contributed by atoms with Crippen molar-refractivity contribution in [3.63, 3.8) is 0 Å². The largest absolute Gasteiger partial charge is 0.370 e. The van der Waals surface area contributed by atoms with Crippen molar-refractivity contribution in [3.8, 4) is 11.3 Å². The minimum Gasteiger partial charge on any atom is -0.370 e. The summed E-state index contributed by atoms with van der Waals surface area (Å²) in [6.07, 6.45) is -0.346. The summed E-state index contributed by atoms with van der Waals surface area (Å²) in [4.78, 5) is 29.8. The van der Waals surface area contributed by atoms with Gasteiger partial charge in [-0.1, -0.05) is 42.5 Å². The van der Waals surface area contributed by atoms with Crippen LogP contribution in [-0.4, -0.2) is 35.5 Å². The van der Waals surface area contributed by atoms with Gasteiger partial charge in [0.2, 0.25) is 0 Å². The fraction of sp³-hybridized carbons (Fsp3) is 0.182. The number of benzene rings is 2. The van der Waals surface area contributed by atoms with Crippen molar-refractivity contribution in [2.75, 3.05) is 19.7 Å². The second kappa shape index (κ2) is 7.78. The highest BCUT2D eigenvalue weighted by Crippen LogP contribution is 2.23. The highest BCUT2D eigenvalue weighted by molar-refractivity contribution is 5.94. The topological polar surface area (TPSA) is 62.4 Å². The summed E-state index contributed by atoms with van der Waals surface area (Å²) in [6.45, 7) is 1.06. The fourth-order valence-corrected chi connectivity index (χ4v) is 3.31. The van der Waals surface area contributed by atoms with Gasteiger partial charge in [0.1, 0.15) is 17.5 Å². The van der Waals surface area contributed by atoms with E-state index in [4.69, 9.17) is 4.74 Å². The lowest BCUT2D eigenvalue weighted by Gasteiger charge is -2.33. The van der Waals surface area contributed by atoms with Crippen molar-refractivity contribution >= 4 is 5.91 Å². The van der Waals surface area contributed by atoms with Gasteiger partial charge in [-0.05, 0) is 35.4 Å². The highest BCUT2D eigenvalue weighted by Gasteiger charge is 2.27. The Morgan fingerprint density at radius 2 is 1.79 bits per heavy atom. The van der Waals surface area contributed by atoms with Crippen LogP contribution < -0.4 is 5.56 Å². The molecule has 0 spiro atoms. The van der Waals surface area contributed by atoms with E-state index in [1.807, 2.05) is 30.3 Å². The summed E-state index contributed by atoms with van der Waals surface area (Å²) in [6, 6.07) is 18.8. The second-order valence-corrected chi connectivity index (χ2v) is 6.64. The Bertz CT molecular complexity index is 1030. The van der Waals surface area contributed by atoms with Crippen LogP contribution >= 0.6 is 0 Å². The summed E-state index contributed by atoms with van der Waals surface area (Å²) in [5.74, 6) is -0.659. The number of pyridine rings is 1. The zero-order valence-electron chi connectivity index (χ0n) is 15.1. The van der Waals surface area contributed by atoms with Crippen LogP contribution in [0.25, 0.3) is 11.3 Å². The maximum Gasteiger partial charge on any atom is 0.261 e. The molecule has 1 saturated heterocycles. The van der Waals surface area contributed by atoms with Gasteiger partial charge < -0.3 is 14.6 Å². The number of hydrogen-bond acceptors (Lipinski definition) is 3. The number of aromatic nitrogens is 1. The number of aromatic amines is 1. The number of halogens is 1. The van der Waals surface area contributed by atoms with Crippen LogP contribution in [0.5, 0.6) is 0 Å². The number of morpholine rings is 1. The smallest absolute Gasteiger partial charge is 0.261 e. The molecule has 1 N–H and O–H groups in total. The number of ether oxygens (including phenoxy) is 1. The summed E-state index contributed by atoms with van der Waals surface area (Å²) in [7, 11) is 0. The van der Waals surface area contributed by atoms with Crippen molar-refractivity contribution in [2.24, 2.45) is 0 Å². The van der Waals surface area contributed by atoms with Gasteiger partial charge in [-0.25, -0.2) is 4.39 Å². The molecule has 1 aromatic heterocycles. The van der Waals surface area contributed by atoms with Crippen molar-refractivity contribution in [1.29, 1.82) is 0 Å². The normalized spacial score (nSPS) is 16.8. The van der Waals surface area contributed by atoms with E-state index in [0.717, 1.165) is 11.1 Å². The molecule has 0 bridgehead atoms. The Balaban J connectivity index is 1.54. The fourth-order valence-electron chi connectivity index (χ4n) is 3.31.